The maximum absolute atomic E-state index is 4.69. The Kier molecular flexibility index (Phi) is 4.17. The van der Waals surface area contributed by atoms with E-state index in [4.69, 9.17) is 0 Å². The average molecular weight is 372 g/mol. The number of benzene rings is 1. The van der Waals surface area contributed by atoms with Gasteiger partial charge in [-0.3, -0.25) is 9.38 Å². The SMILES string of the molecule is CN1CCN(c2nccn3c(-c4cnccn4)nnc23)C(c2ccccc2)C1. The normalized spacial score (nSPS) is 17.9. The van der Waals surface area contributed by atoms with Gasteiger partial charge in [0.05, 0.1) is 12.2 Å². The highest BCUT2D eigenvalue weighted by molar-refractivity contribution is 5.68. The molecule has 1 unspecified atom stereocenters. The van der Waals surface area contributed by atoms with Gasteiger partial charge in [0, 0.05) is 44.4 Å². The third-order valence-corrected chi connectivity index (χ3v) is 5.14. The zero-order valence-electron chi connectivity index (χ0n) is 15.5. The first kappa shape index (κ1) is 16.8. The topological polar surface area (TPSA) is 75.3 Å². The third-order valence-electron chi connectivity index (χ3n) is 5.14. The van der Waals surface area contributed by atoms with Crippen molar-refractivity contribution in [3.63, 3.8) is 0 Å². The van der Waals surface area contributed by atoms with E-state index in [0.29, 0.717) is 11.5 Å². The van der Waals surface area contributed by atoms with Crippen LogP contribution in [-0.2, 0) is 0 Å². The van der Waals surface area contributed by atoms with Crippen LogP contribution in [0.3, 0.4) is 0 Å². The van der Waals surface area contributed by atoms with E-state index < -0.39 is 0 Å². The molecule has 0 spiro atoms. The Balaban J connectivity index is 1.61. The fraction of sp³-hybridized carbons (Fsp3) is 0.250. The Morgan fingerprint density at radius 1 is 0.964 bits per heavy atom. The summed E-state index contributed by atoms with van der Waals surface area (Å²) >= 11 is 0. The lowest BCUT2D eigenvalue weighted by molar-refractivity contribution is 0.268. The number of hydrogen-bond donors (Lipinski definition) is 0. The molecular weight excluding hydrogens is 352 g/mol. The summed E-state index contributed by atoms with van der Waals surface area (Å²) in [6.45, 7) is 2.77. The summed E-state index contributed by atoms with van der Waals surface area (Å²) in [6, 6.07) is 10.8. The molecule has 0 amide bonds. The number of hydrogen-bond acceptors (Lipinski definition) is 7. The van der Waals surface area contributed by atoms with Gasteiger partial charge in [-0.25, -0.2) is 9.97 Å². The van der Waals surface area contributed by atoms with E-state index in [1.54, 1.807) is 24.8 Å². The summed E-state index contributed by atoms with van der Waals surface area (Å²) < 4.78 is 1.94. The van der Waals surface area contributed by atoms with Crippen LogP contribution in [-0.4, -0.2) is 61.1 Å². The smallest absolute Gasteiger partial charge is 0.204 e. The van der Waals surface area contributed by atoms with Gasteiger partial charge < -0.3 is 9.80 Å². The minimum atomic E-state index is 0.204. The molecule has 1 atom stereocenters. The fourth-order valence-electron chi connectivity index (χ4n) is 3.74. The van der Waals surface area contributed by atoms with Crippen molar-refractivity contribution in [3.8, 4) is 11.5 Å². The first-order chi connectivity index (χ1) is 13.8. The lowest BCUT2D eigenvalue weighted by atomic mass is 10.0. The second-order valence-corrected chi connectivity index (χ2v) is 6.94. The van der Waals surface area contributed by atoms with Crippen molar-refractivity contribution < 1.29 is 0 Å². The van der Waals surface area contributed by atoms with Crippen LogP contribution < -0.4 is 4.90 Å². The molecule has 1 aliphatic heterocycles. The molecule has 5 rings (SSSR count). The van der Waals surface area contributed by atoms with Crippen molar-refractivity contribution in [2.24, 2.45) is 0 Å². The van der Waals surface area contributed by atoms with Gasteiger partial charge in [-0.1, -0.05) is 30.3 Å². The Labute approximate surface area is 162 Å². The van der Waals surface area contributed by atoms with Crippen molar-refractivity contribution in [2.45, 2.75) is 6.04 Å². The molecule has 1 saturated heterocycles. The molecule has 1 aliphatic rings. The first-order valence-corrected chi connectivity index (χ1v) is 9.27. The summed E-state index contributed by atoms with van der Waals surface area (Å²) in [7, 11) is 2.16. The van der Waals surface area contributed by atoms with Crippen LogP contribution in [0, 0.1) is 0 Å². The Morgan fingerprint density at radius 2 is 1.86 bits per heavy atom. The van der Waals surface area contributed by atoms with E-state index >= 15 is 0 Å². The highest BCUT2D eigenvalue weighted by Gasteiger charge is 2.30. The molecule has 4 heterocycles. The van der Waals surface area contributed by atoms with E-state index in [-0.39, 0.29) is 6.04 Å². The number of fused-ring (bicyclic) bond motifs is 1. The number of likely N-dealkylation sites (N-methyl/N-ethyl adjacent to an activating group) is 1. The molecule has 3 aromatic heterocycles. The van der Waals surface area contributed by atoms with Gasteiger partial charge in [-0.15, -0.1) is 10.2 Å². The number of rotatable bonds is 3. The van der Waals surface area contributed by atoms with Crippen molar-refractivity contribution in [1.29, 1.82) is 0 Å². The van der Waals surface area contributed by atoms with Crippen molar-refractivity contribution in [1.82, 2.24) is 34.4 Å². The van der Waals surface area contributed by atoms with Gasteiger partial charge in [0.15, 0.2) is 11.6 Å². The van der Waals surface area contributed by atoms with Crippen LogP contribution in [0.4, 0.5) is 5.82 Å². The monoisotopic (exact) mass is 372 g/mol. The Morgan fingerprint density at radius 3 is 2.68 bits per heavy atom. The van der Waals surface area contributed by atoms with E-state index in [1.165, 1.54) is 5.56 Å². The van der Waals surface area contributed by atoms with Crippen LogP contribution in [0.1, 0.15) is 11.6 Å². The summed E-state index contributed by atoms with van der Waals surface area (Å²) in [5, 5.41) is 8.81. The zero-order valence-corrected chi connectivity index (χ0v) is 15.5. The van der Waals surface area contributed by atoms with E-state index in [0.717, 1.165) is 31.1 Å². The van der Waals surface area contributed by atoms with Gasteiger partial charge in [0.25, 0.3) is 0 Å². The molecule has 0 bridgehead atoms. The minimum Gasteiger partial charge on any atom is -0.344 e. The van der Waals surface area contributed by atoms with Crippen LogP contribution in [0.25, 0.3) is 17.2 Å². The van der Waals surface area contributed by atoms with Crippen LogP contribution in [0.5, 0.6) is 0 Å². The summed E-state index contributed by atoms with van der Waals surface area (Å²) in [5.41, 5.74) is 2.69. The summed E-state index contributed by atoms with van der Waals surface area (Å²) in [5.74, 6) is 1.50. The Bertz CT molecular complexity index is 1080. The second-order valence-electron chi connectivity index (χ2n) is 6.94. The van der Waals surface area contributed by atoms with Gasteiger partial charge in [0.1, 0.15) is 5.69 Å². The predicted molar refractivity (Wildman–Crippen MR) is 106 cm³/mol. The zero-order chi connectivity index (χ0) is 18.9. The highest BCUT2D eigenvalue weighted by atomic mass is 15.3. The molecule has 1 aromatic carbocycles. The minimum absolute atomic E-state index is 0.204. The molecule has 0 N–H and O–H groups in total. The number of nitrogens with zero attached hydrogens (tertiary/aromatic N) is 8. The quantitative estimate of drug-likeness (QED) is 0.545. The molecule has 0 saturated carbocycles. The first-order valence-electron chi connectivity index (χ1n) is 9.27. The predicted octanol–water partition coefficient (Wildman–Crippen LogP) is 2.07. The van der Waals surface area contributed by atoms with Crippen LogP contribution in [0.2, 0.25) is 0 Å². The van der Waals surface area contributed by atoms with Gasteiger partial charge in [0.2, 0.25) is 5.65 Å². The highest BCUT2D eigenvalue weighted by Crippen LogP contribution is 2.31. The van der Waals surface area contributed by atoms with E-state index in [1.807, 2.05) is 16.7 Å². The molecule has 140 valence electrons. The standard InChI is InChI=1S/C20H20N8/c1-26-11-12-27(17(14-26)15-5-3-2-4-6-15)19-20-25-24-18(28(20)10-9-23-19)16-13-21-7-8-22-16/h2-10,13,17H,11-12,14H2,1H3. The van der Waals surface area contributed by atoms with Gasteiger partial charge in [-0.05, 0) is 12.6 Å². The molecule has 4 aromatic rings. The van der Waals surface area contributed by atoms with Crippen molar-refractivity contribution in [2.75, 3.05) is 31.6 Å². The molecule has 8 nitrogen and oxygen atoms in total. The summed E-state index contributed by atoms with van der Waals surface area (Å²) in [4.78, 5) is 17.9. The van der Waals surface area contributed by atoms with Crippen molar-refractivity contribution >= 4 is 11.5 Å². The molecule has 8 heteroatoms. The summed E-state index contributed by atoms with van der Waals surface area (Å²) in [6.07, 6.45) is 8.67. The number of anilines is 1. The molecule has 28 heavy (non-hydrogen) atoms. The van der Waals surface area contributed by atoms with Crippen LogP contribution >= 0.6 is 0 Å². The molecule has 0 radical (unpaired) electrons. The second kappa shape index (κ2) is 6.97. The van der Waals surface area contributed by atoms with E-state index in [9.17, 15) is 0 Å². The van der Waals surface area contributed by atoms with Gasteiger partial charge >= 0.3 is 0 Å². The lowest BCUT2D eigenvalue weighted by Gasteiger charge is -2.41. The maximum Gasteiger partial charge on any atom is 0.204 e. The van der Waals surface area contributed by atoms with E-state index in [2.05, 4.69) is 66.3 Å². The van der Waals surface area contributed by atoms with Crippen molar-refractivity contribution in [3.05, 3.63) is 66.9 Å². The molecule has 1 fully saturated rings. The number of aromatic nitrogens is 6. The molecule has 0 aliphatic carbocycles. The molecular formula is C20H20N8. The largest absolute Gasteiger partial charge is 0.344 e. The fourth-order valence-corrected chi connectivity index (χ4v) is 3.74. The van der Waals surface area contributed by atoms with Crippen LogP contribution in [0.15, 0.2) is 61.3 Å². The van der Waals surface area contributed by atoms with Gasteiger partial charge in [-0.2, -0.15) is 0 Å². The average Bonchev–Trinajstić information content (AvgIpc) is 3.19. The lowest BCUT2D eigenvalue weighted by Crippen LogP contribution is -2.47. The maximum atomic E-state index is 4.69. The number of piperazine rings is 1. The third kappa shape index (κ3) is 2.87. The Hall–Kier alpha value is -3.39.